The van der Waals surface area contributed by atoms with E-state index in [1.54, 1.807) is 0 Å². The SMILES string of the molecule is CC(C)(O)C1CCOC2(CCCC2)C1. The Kier molecular flexibility index (Phi) is 2.61. The molecular formula is C12H22O2. The summed E-state index contributed by atoms with van der Waals surface area (Å²) in [6.07, 6.45) is 7.11. The standard InChI is InChI=1S/C12H22O2/c1-11(2,13)10-5-8-14-12(9-10)6-3-4-7-12/h10,13H,3-9H2,1-2H3. The molecule has 2 rings (SSSR count). The number of hydrogen-bond acceptors (Lipinski definition) is 2. The average molecular weight is 198 g/mol. The van der Waals surface area contributed by atoms with Crippen LogP contribution in [0.15, 0.2) is 0 Å². The van der Waals surface area contributed by atoms with E-state index in [1.165, 1.54) is 25.7 Å². The summed E-state index contributed by atoms with van der Waals surface area (Å²) < 4.78 is 5.94. The van der Waals surface area contributed by atoms with Gasteiger partial charge < -0.3 is 9.84 Å². The Hall–Kier alpha value is -0.0800. The molecular weight excluding hydrogens is 176 g/mol. The summed E-state index contributed by atoms with van der Waals surface area (Å²) >= 11 is 0. The quantitative estimate of drug-likeness (QED) is 0.701. The van der Waals surface area contributed by atoms with Crippen molar-refractivity contribution in [1.82, 2.24) is 0 Å². The van der Waals surface area contributed by atoms with Gasteiger partial charge in [0.05, 0.1) is 11.2 Å². The smallest absolute Gasteiger partial charge is 0.0686 e. The Morgan fingerprint density at radius 1 is 1.29 bits per heavy atom. The molecule has 1 atom stereocenters. The van der Waals surface area contributed by atoms with Crippen LogP contribution in [-0.4, -0.2) is 22.9 Å². The van der Waals surface area contributed by atoms with E-state index in [4.69, 9.17) is 4.74 Å². The van der Waals surface area contributed by atoms with Crippen molar-refractivity contribution in [3.05, 3.63) is 0 Å². The number of aliphatic hydroxyl groups is 1. The lowest BCUT2D eigenvalue weighted by atomic mass is 9.77. The van der Waals surface area contributed by atoms with Gasteiger partial charge in [-0.25, -0.2) is 0 Å². The topological polar surface area (TPSA) is 29.5 Å². The monoisotopic (exact) mass is 198 g/mol. The van der Waals surface area contributed by atoms with E-state index in [1.807, 2.05) is 13.8 Å². The first-order chi connectivity index (χ1) is 6.52. The molecule has 1 N–H and O–H groups in total. The third kappa shape index (κ3) is 1.96. The molecule has 2 aliphatic rings. The first-order valence-corrected chi connectivity index (χ1v) is 5.88. The molecule has 2 heteroatoms. The lowest BCUT2D eigenvalue weighted by molar-refractivity contribution is -0.131. The van der Waals surface area contributed by atoms with Crippen LogP contribution < -0.4 is 0 Å². The van der Waals surface area contributed by atoms with Crippen LogP contribution in [0, 0.1) is 5.92 Å². The lowest BCUT2D eigenvalue weighted by Crippen LogP contribution is -2.44. The van der Waals surface area contributed by atoms with Gasteiger partial charge in [-0.05, 0) is 45.4 Å². The summed E-state index contributed by atoms with van der Waals surface area (Å²) in [4.78, 5) is 0. The maximum absolute atomic E-state index is 10.0. The molecule has 0 amide bonds. The van der Waals surface area contributed by atoms with Crippen molar-refractivity contribution in [2.24, 2.45) is 5.92 Å². The zero-order chi connectivity index (χ0) is 10.2. The van der Waals surface area contributed by atoms with E-state index < -0.39 is 5.60 Å². The number of rotatable bonds is 1. The van der Waals surface area contributed by atoms with Crippen molar-refractivity contribution in [3.8, 4) is 0 Å². The highest BCUT2D eigenvalue weighted by molar-refractivity contribution is 4.94. The summed E-state index contributed by atoms with van der Waals surface area (Å²) in [6.45, 7) is 4.71. The highest BCUT2D eigenvalue weighted by Gasteiger charge is 2.43. The molecule has 2 fully saturated rings. The van der Waals surface area contributed by atoms with E-state index in [-0.39, 0.29) is 5.60 Å². The maximum atomic E-state index is 10.0. The summed E-state index contributed by atoms with van der Waals surface area (Å²) in [7, 11) is 0. The molecule has 1 spiro atoms. The molecule has 1 saturated carbocycles. The molecule has 1 aliphatic heterocycles. The van der Waals surface area contributed by atoms with Crippen LogP contribution >= 0.6 is 0 Å². The highest BCUT2D eigenvalue weighted by Crippen LogP contribution is 2.44. The van der Waals surface area contributed by atoms with Gasteiger partial charge in [-0.15, -0.1) is 0 Å². The molecule has 0 radical (unpaired) electrons. The van der Waals surface area contributed by atoms with Crippen LogP contribution in [0.2, 0.25) is 0 Å². The second-order valence-electron chi connectivity index (χ2n) is 5.58. The summed E-state index contributed by atoms with van der Waals surface area (Å²) in [5, 5.41) is 10.0. The summed E-state index contributed by atoms with van der Waals surface area (Å²) in [5.41, 5.74) is -0.387. The van der Waals surface area contributed by atoms with Crippen LogP contribution in [0.3, 0.4) is 0 Å². The Bertz CT molecular complexity index is 199. The minimum atomic E-state index is -0.528. The molecule has 14 heavy (non-hydrogen) atoms. The van der Waals surface area contributed by atoms with E-state index in [0.717, 1.165) is 19.4 Å². The predicted octanol–water partition coefficient (Wildman–Crippen LogP) is 2.50. The van der Waals surface area contributed by atoms with Crippen molar-refractivity contribution in [3.63, 3.8) is 0 Å². The molecule has 0 aromatic heterocycles. The van der Waals surface area contributed by atoms with Crippen molar-refractivity contribution in [1.29, 1.82) is 0 Å². The highest BCUT2D eigenvalue weighted by atomic mass is 16.5. The van der Waals surface area contributed by atoms with Gasteiger partial charge >= 0.3 is 0 Å². The first kappa shape index (κ1) is 10.4. The van der Waals surface area contributed by atoms with E-state index in [9.17, 15) is 5.11 Å². The molecule has 1 aliphatic carbocycles. The molecule has 1 saturated heterocycles. The van der Waals surface area contributed by atoms with E-state index in [2.05, 4.69) is 0 Å². The minimum absolute atomic E-state index is 0.142. The van der Waals surface area contributed by atoms with Gasteiger partial charge in [-0.2, -0.15) is 0 Å². The van der Waals surface area contributed by atoms with Crippen LogP contribution in [-0.2, 0) is 4.74 Å². The molecule has 0 aromatic rings. The predicted molar refractivity (Wildman–Crippen MR) is 56.2 cm³/mol. The first-order valence-electron chi connectivity index (χ1n) is 5.88. The van der Waals surface area contributed by atoms with Crippen LogP contribution in [0.25, 0.3) is 0 Å². The van der Waals surface area contributed by atoms with Gasteiger partial charge in [0.15, 0.2) is 0 Å². The Balaban J connectivity index is 2.03. The van der Waals surface area contributed by atoms with Gasteiger partial charge in [0, 0.05) is 6.61 Å². The fourth-order valence-corrected chi connectivity index (χ4v) is 3.00. The van der Waals surface area contributed by atoms with Crippen molar-refractivity contribution in [2.45, 2.75) is 63.6 Å². The Morgan fingerprint density at radius 2 is 1.93 bits per heavy atom. The van der Waals surface area contributed by atoms with Gasteiger partial charge in [0.2, 0.25) is 0 Å². The normalized spacial score (nSPS) is 32.4. The van der Waals surface area contributed by atoms with Gasteiger partial charge in [-0.1, -0.05) is 12.8 Å². The molecule has 0 aromatic carbocycles. The number of hydrogen-bond donors (Lipinski definition) is 1. The second kappa shape index (κ2) is 3.49. The molecule has 2 nitrogen and oxygen atoms in total. The average Bonchev–Trinajstić information content (AvgIpc) is 2.52. The lowest BCUT2D eigenvalue weighted by Gasteiger charge is -2.42. The zero-order valence-corrected chi connectivity index (χ0v) is 9.38. The van der Waals surface area contributed by atoms with Crippen molar-refractivity contribution < 1.29 is 9.84 Å². The van der Waals surface area contributed by atoms with Crippen molar-refractivity contribution in [2.75, 3.05) is 6.61 Å². The molecule has 0 bridgehead atoms. The largest absolute Gasteiger partial charge is 0.390 e. The molecule has 1 unspecified atom stereocenters. The van der Waals surface area contributed by atoms with Crippen LogP contribution in [0.4, 0.5) is 0 Å². The molecule has 82 valence electrons. The van der Waals surface area contributed by atoms with Gasteiger partial charge in [0.25, 0.3) is 0 Å². The van der Waals surface area contributed by atoms with Gasteiger partial charge in [-0.3, -0.25) is 0 Å². The van der Waals surface area contributed by atoms with Crippen molar-refractivity contribution >= 4 is 0 Å². The van der Waals surface area contributed by atoms with E-state index in [0.29, 0.717) is 5.92 Å². The minimum Gasteiger partial charge on any atom is -0.390 e. The van der Waals surface area contributed by atoms with Crippen LogP contribution in [0.5, 0.6) is 0 Å². The Morgan fingerprint density at radius 3 is 2.50 bits per heavy atom. The third-order valence-electron chi connectivity index (χ3n) is 4.01. The molecule has 1 heterocycles. The van der Waals surface area contributed by atoms with Gasteiger partial charge in [0.1, 0.15) is 0 Å². The second-order valence-corrected chi connectivity index (χ2v) is 5.58. The Labute approximate surface area is 86.6 Å². The fourth-order valence-electron chi connectivity index (χ4n) is 3.00. The van der Waals surface area contributed by atoms with E-state index >= 15 is 0 Å². The fraction of sp³-hybridized carbons (Fsp3) is 1.00. The summed E-state index contributed by atoms with van der Waals surface area (Å²) in [6, 6.07) is 0. The summed E-state index contributed by atoms with van der Waals surface area (Å²) in [5.74, 6) is 0.425. The maximum Gasteiger partial charge on any atom is 0.0686 e. The zero-order valence-electron chi connectivity index (χ0n) is 9.38. The third-order valence-corrected chi connectivity index (χ3v) is 4.01. The van der Waals surface area contributed by atoms with Crippen LogP contribution in [0.1, 0.15) is 52.4 Å². The number of ether oxygens (including phenoxy) is 1.